The first-order chi connectivity index (χ1) is 10.0. The molecular formula is C18H22FNO. The lowest BCUT2D eigenvalue weighted by molar-refractivity contribution is 0.170. The van der Waals surface area contributed by atoms with Crippen LogP contribution in [-0.4, -0.2) is 6.04 Å². The third-order valence-electron chi connectivity index (χ3n) is 3.64. The highest BCUT2D eigenvalue weighted by Crippen LogP contribution is 2.28. The standard InChI is InChI=1S/C18H22FNO/c1-4-16(20)18(14-6-8-15(19)9-7-14)21-17-10-5-12(2)11-13(17)3/h5-11,16,18H,4,20H2,1-3H3. The normalized spacial score (nSPS) is 13.8. The smallest absolute Gasteiger partial charge is 0.139 e. The van der Waals surface area contributed by atoms with Gasteiger partial charge in [0, 0.05) is 6.04 Å². The number of rotatable bonds is 5. The van der Waals surface area contributed by atoms with Crippen molar-refractivity contribution in [1.82, 2.24) is 0 Å². The molecule has 0 heterocycles. The van der Waals surface area contributed by atoms with Crippen LogP contribution in [0.1, 0.15) is 36.1 Å². The molecule has 0 aliphatic heterocycles. The summed E-state index contributed by atoms with van der Waals surface area (Å²) in [7, 11) is 0. The molecule has 0 saturated carbocycles. The van der Waals surface area contributed by atoms with Gasteiger partial charge in [-0.2, -0.15) is 0 Å². The van der Waals surface area contributed by atoms with Gasteiger partial charge in [-0.3, -0.25) is 0 Å². The molecule has 0 bridgehead atoms. The van der Waals surface area contributed by atoms with Gasteiger partial charge in [-0.25, -0.2) is 4.39 Å². The number of halogens is 1. The number of benzene rings is 2. The molecule has 2 nitrogen and oxygen atoms in total. The highest BCUT2D eigenvalue weighted by Gasteiger charge is 2.21. The van der Waals surface area contributed by atoms with Gasteiger partial charge < -0.3 is 10.5 Å². The molecule has 2 rings (SSSR count). The van der Waals surface area contributed by atoms with E-state index in [2.05, 4.69) is 6.07 Å². The third-order valence-corrected chi connectivity index (χ3v) is 3.64. The molecule has 0 aromatic heterocycles. The average Bonchev–Trinajstić information content (AvgIpc) is 2.47. The summed E-state index contributed by atoms with van der Waals surface area (Å²) in [5, 5.41) is 0. The number of hydrogen-bond donors (Lipinski definition) is 1. The number of aryl methyl sites for hydroxylation is 2. The zero-order valence-corrected chi connectivity index (χ0v) is 12.8. The first-order valence-electron chi connectivity index (χ1n) is 7.26. The van der Waals surface area contributed by atoms with Gasteiger partial charge in [0.15, 0.2) is 0 Å². The van der Waals surface area contributed by atoms with Crippen molar-refractivity contribution in [3.05, 3.63) is 65.0 Å². The van der Waals surface area contributed by atoms with Crippen molar-refractivity contribution >= 4 is 0 Å². The lowest BCUT2D eigenvalue weighted by atomic mass is 10.0. The van der Waals surface area contributed by atoms with E-state index in [1.54, 1.807) is 12.1 Å². The van der Waals surface area contributed by atoms with Gasteiger partial charge in [-0.1, -0.05) is 36.8 Å². The van der Waals surface area contributed by atoms with Crippen LogP contribution in [0.4, 0.5) is 4.39 Å². The second-order valence-electron chi connectivity index (χ2n) is 5.43. The fourth-order valence-corrected chi connectivity index (χ4v) is 2.34. The molecule has 112 valence electrons. The maximum Gasteiger partial charge on any atom is 0.139 e. The monoisotopic (exact) mass is 287 g/mol. The minimum Gasteiger partial charge on any atom is -0.484 e. The summed E-state index contributed by atoms with van der Waals surface area (Å²) in [6.07, 6.45) is 0.504. The summed E-state index contributed by atoms with van der Waals surface area (Å²) < 4.78 is 19.2. The summed E-state index contributed by atoms with van der Waals surface area (Å²) in [5.74, 6) is 0.563. The molecule has 2 N–H and O–H groups in total. The van der Waals surface area contributed by atoms with Crippen LogP contribution in [0.15, 0.2) is 42.5 Å². The van der Waals surface area contributed by atoms with E-state index < -0.39 is 0 Å². The number of nitrogens with two attached hydrogens (primary N) is 1. The SMILES string of the molecule is CCC(N)C(Oc1ccc(C)cc1C)c1ccc(F)cc1. The van der Waals surface area contributed by atoms with Crippen molar-refractivity contribution in [3.8, 4) is 5.75 Å². The van der Waals surface area contributed by atoms with E-state index in [0.717, 1.165) is 23.3 Å². The number of ether oxygens (including phenoxy) is 1. The molecule has 0 aliphatic rings. The van der Waals surface area contributed by atoms with E-state index in [-0.39, 0.29) is 18.0 Å². The van der Waals surface area contributed by atoms with Crippen LogP contribution in [0.3, 0.4) is 0 Å². The molecule has 0 spiro atoms. The maximum atomic E-state index is 13.1. The van der Waals surface area contributed by atoms with E-state index in [1.165, 1.54) is 17.7 Å². The Labute approximate surface area is 125 Å². The van der Waals surface area contributed by atoms with E-state index in [0.29, 0.717) is 0 Å². The van der Waals surface area contributed by atoms with E-state index >= 15 is 0 Å². The summed E-state index contributed by atoms with van der Waals surface area (Å²) >= 11 is 0. The Morgan fingerprint density at radius 2 is 1.76 bits per heavy atom. The Hall–Kier alpha value is -1.87. The minimum atomic E-state index is -0.281. The lowest BCUT2D eigenvalue weighted by Crippen LogP contribution is -2.31. The third kappa shape index (κ3) is 3.82. The fraction of sp³-hybridized carbons (Fsp3) is 0.333. The van der Waals surface area contributed by atoms with Crippen molar-refractivity contribution in [2.24, 2.45) is 5.73 Å². The van der Waals surface area contributed by atoms with E-state index in [1.807, 2.05) is 32.9 Å². The predicted octanol–water partition coefficient (Wildman–Crippen LogP) is 4.30. The summed E-state index contributed by atoms with van der Waals surface area (Å²) in [6, 6.07) is 12.3. The minimum absolute atomic E-state index is 0.142. The molecular weight excluding hydrogens is 265 g/mol. The Morgan fingerprint density at radius 3 is 2.33 bits per heavy atom. The van der Waals surface area contributed by atoms with Crippen molar-refractivity contribution in [2.75, 3.05) is 0 Å². The second-order valence-corrected chi connectivity index (χ2v) is 5.43. The quantitative estimate of drug-likeness (QED) is 0.890. The molecule has 2 atom stereocenters. The van der Waals surface area contributed by atoms with E-state index in [4.69, 9.17) is 10.5 Å². The largest absolute Gasteiger partial charge is 0.484 e. The van der Waals surface area contributed by atoms with Gasteiger partial charge in [0.1, 0.15) is 17.7 Å². The molecule has 0 amide bonds. The Kier molecular flexibility index (Phi) is 4.97. The van der Waals surface area contributed by atoms with Gasteiger partial charge in [0.25, 0.3) is 0 Å². The van der Waals surface area contributed by atoms with Crippen molar-refractivity contribution < 1.29 is 9.13 Å². The maximum absolute atomic E-state index is 13.1. The van der Waals surface area contributed by atoms with Crippen molar-refractivity contribution in [1.29, 1.82) is 0 Å². The highest BCUT2D eigenvalue weighted by molar-refractivity contribution is 5.36. The van der Waals surface area contributed by atoms with Crippen molar-refractivity contribution in [3.63, 3.8) is 0 Å². The zero-order valence-electron chi connectivity index (χ0n) is 12.8. The topological polar surface area (TPSA) is 35.2 Å². The molecule has 0 saturated heterocycles. The summed E-state index contributed by atoms with van der Waals surface area (Å²) in [5.41, 5.74) is 9.36. The van der Waals surface area contributed by atoms with Gasteiger partial charge in [-0.05, 0) is 49.6 Å². The Balaban J connectivity index is 2.30. The van der Waals surface area contributed by atoms with Crippen LogP contribution < -0.4 is 10.5 Å². The van der Waals surface area contributed by atoms with Gasteiger partial charge in [0.05, 0.1) is 0 Å². The molecule has 2 aromatic rings. The van der Waals surface area contributed by atoms with Crippen LogP contribution in [0, 0.1) is 19.7 Å². The molecule has 2 aromatic carbocycles. The van der Waals surface area contributed by atoms with Crippen LogP contribution in [0.25, 0.3) is 0 Å². The first kappa shape index (κ1) is 15.5. The zero-order chi connectivity index (χ0) is 15.4. The summed E-state index contributed by atoms with van der Waals surface area (Å²) in [6.45, 7) is 6.08. The van der Waals surface area contributed by atoms with Gasteiger partial charge in [-0.15, -0.1) is 0 Å². The van der Waals surface area contributed by atoms with Gasteiger partial charge >= 0.3 is 0 Å². The van der Waals surface area contributed by atoms with Crippen LogP contribution in [0.5, 0.6) is 5.75 Å². The van der Waals surface area contributed by atoms with E-state index in [9.17, 15) is 4.39 Å². The Bertz CT molecular complexity index is 595. The molecule has 0 aliphatic carbocycles. The van der Waals surface area contributed by atoms with Crippen LogP contribution in [-0.2, 0) is 0 Å². The van der Waals surface area contributed by atoms with Crippen molar-refractivity contribution in [2.45, 2.75) is 39.3 Å². The molecule has 0 fully saturated rings. The Morgan fingerprint density at radius 1 is 1.10 bits per heavy atom. The molecule has 3 heteroatoms. The summed E-state index contributed by atoms with van der Waals surface area (Å²) in [4.78, 5) is 0. The molecule has 21 heavy (non-hydrogen) atoms. The predicted molar refractivity (Wildman–Crippen MR) is 84.0 cm³/mol. The lowest BCUT2D eigenvalue weighted by Gasteiger charge is -2.25. The van der Waals surface area contributed by atoms with Gasteiger partial charge in [0.2, 0.25) is 0 Å². The highest BCUT2D eigenvalue weighted by atomic mass is 19.1. The van der Waals surface area contributed by atoms with Crippen LogP contribution in [0.2, 0.25) is 0 Å². The fourth-order valence-electron chi connectivity index (χ4n) is 2.34. The average molecular weight is 287 g/mol. The second kappa shape index (κ2) is 6.72. The first-order valence-corrected chi connectivity index (χ1v) is 7.26. The molecule has 0 radical (unpaired) electrons. The number of hydrogen-bond acceptors (Lipinski definition) is 2. The molecule has 2 unspecified atom stereocenters. The van der Waals surface area contributed by atoms with Crippen LogP contribution >= 0.6 is 0 Å².